The summed E-state index contributed by atoms with van der Waals surface area (Å²) in [5.41, 5.74) is 6.32. The summed E-state index contributed by atoms with van der Waals surface area (Å²) in [6.07, 6.45) is 2.22. The topological polar surface area (TPSA) is 68.5 Å². The van der Waals surface area contributed by atoms with Crippen molar-refractivity contribution >= 4 is 17.3 Å². The molecule has 1 aromatic heterocycles. The smallest absolute Gasteiger partial charge is 0.357 e. The summed E-state index contributed by atoms with van der Waals surface area (Å²) in [6.45, 7) is 8.13. The van der Waals surface area contributed by atoms with Crippen molar-refractivity contribution < 1.29 is 9.53 Å². The van der Waals surface area contributed by atoms with Crippen LogP contribution in [-0.4, -0.2) is 41.1 Å². The van der Waals surface area contributed by atoms with E-state index in [1.165, 1.54) is 11.3 Å². The molecule has 112 valence electrons. The minimum atomic E-state index is -0.335. The van der Waals surface area contributed by atoms with E-state index in [9.17, 15) is 4.79 Å². The van der Waals surface area contributed by atoms with Crippen molar-refractivity contribution in [3.05, 3.63) is 16.1 Å². The Morgan fingerprint density at radius 3 is 3.05 bits per heavy atom. The Hall–Kier alpha value is -0.980. The van der Waals surface area contributed by atoms with Gasteiger partial charge in [-0.15, -0.1) is 11.3 Å². The van der Waals surface area contributed by atoms with Crippen LogP contribution in [0.15, 0.2) is 5.38 Å². The maximum atomic E-state index is 11.7. The van der Waals surface area contributed by atoms with E-state index in [-0.39, 0.29) is 17.6 Å². The minimum Gasteiger partial charge on any atom is -0.461 e. The van der Waals surface area contributed by atoms with Crippen molar-refractivity contribution in [1.29, 1.82) is 0 Å². The fourth-order valence-electron chi connectivity index (χ4n) is 2.56. The second kappa shape index (κ2) is 6.20. The van der Waals surface area contributed by atoms with Gasteiger partial charge < -0.3 is 10.5 Å². The number of esters is 1. The Labute approximate surface area is 124 Å². The largest absolute Gasteiger partial charge is 0.461 e. The Morgan fingerprint density at radius 1 is 1.65 bits per heavy atom. The van der Waals surface area contributed by atoms with Crippen LogP contribution in [-0.2, 0) is 4.74 Å². The number of nitrogens with two attached hydrogens (primary N) is 1. The van der Waals surface area contributed by atoms with Gasteiger partial charge >= 0.3 is 5.97 Å². The predicted molar refractivity (Wildman–Crippen MR) is 79.9 cm³/mol. The summed E-state index contributed by atoms with van der Waals surface area (Å²) in [5, 5.41) is 2.78. The summed E-state index contributed by atoms with van der Waals surface area (Å²) >= 11 is 1.54. The molecule has 1 saturated heterocycles. The first-order valence-corrected chi connectivity index (χ1v) is 7.94. The van der Waals surface area contributed by atoms with Crippen LogP contribution in [0.2, 0.25) is 0 Å². The molecule has 2 N–H and O–H groups in total. The molecule has 1 aliphatic rings. The molecule has 5 nitrogen and oxygen atoms in total. The van der Waals surface area contributed by atoms with Crippen molar-refractivity contribution in [3.8, 4) is 0 Å². The third-order valence-electron chi connectivity index (χ3n) is 3.27. The normalized spacial score (nSPS) is 20.3. The zero-order valence-corrected chi connectivity index (χ0v) is 13.2. The quantitative estimate of drug-likeness (QED) is 0.844. The summed E-state index contributed by atoms with van der Waals surface area (Å²) in [6, 6.07) is 0.283. The van der Waals surface area contributed by atoms with Crippen LogP contribution in [0.3, 0.4) is 0 Å². The molecule has 2 rings (SSSR count). The molecular weight excluding hydrogens is 274 g/mol. The van der Waals surface area contributed by atoms with Crippen LogP contribution in [0.25, 0.3) is 0 Å². The van der Waals surface area contributed by atoms with Crippen molar-refractivity contribution in [2.75, 3.05) is 19.7 Å². The fraction of sp³-hybridized carbons (Fsp3) is 0.714. The Morgan fingerprint density at radius 2 is 2.40 bits per heavy atom. The van der Waals surface area contributed by atoms with Crippen LogP contribution < -0.4 is 5.73 Å². The zero-order valence-electron chi connectivity index (χ0n) is 12.4. The number of carbonyl (C=O) groups excluding carboxylic acids is 1. The van der Waals surface area contributed by atoms with Gasteiger partial charge in [0, 0.05) is 17.5 Å². The maximum absolute atomic E-state index is 11.7. The van der Waals surface area contributed by atoms with Gasteiger partial charge in [0.2, 0.25) is 0 Å². The molecule has 1 atom stereocenters. The van der Waals surface area contributed by atoms with Crippen molar-refractivity contribution in [2.24, 2.45) is 5.73 Å². The van der Waals surface area contributed by atoms with Crippen LogP contribution in [0, 0.1) is 0 Å². The zero-order chi connectivity index (χ0) is 14.8. The lowest BCUT2D eigenvalue weighted by Crippen LogP contribution is -2.45. The molecule has 0 saturated carbocycles. The van der Waals surface area contributed by atoms with E-state index in [0.29, 0.717) is 12.3 Å². The first kappa shape index (κ1) is 15.4. The molecular formula is C14H23N3O2S. The molecule has 0 radical (unpaired) electrons. The Balaban J connectivity index is 2.08. The lowest BCUT2D eigenvalue weighted by Gasteiger charge is -2.30. The molecule has 0 spiro atoms. The molecule has 1 unspecified atom stereocenters. The number of aromatic nitrogens is 1. The molecule has 0 amide bonds. The molecule has 6 heteroatoms. The standard InChI is InChI=1S/C14H23N3O2S/c1-4-19-13(18)10-8-20-12(16-10)11-6-5-7-17(11)9-14(2,3)15/h8,11H,4-7,9,15H2,1-3H3. The fourth-order valence-corrected chi connectivity index (χ4v) is 3.51. The Kier molecular flexibility index (Phi) is 4.78. The third-order valence-corrected chi connectivity index (χ3v) is 4.21. The highest BCUT2D eigenvalue weighted by atomic mass is 32.1. The third kappa shape index (κ3) is 3.77. The van der Waals surface area contributed by atoms with E-state index in [4.69, 9.17) is 10.5 Å². The molecule has 2 heterocycles. The average Bonchev–Trinajstić information content (AvgIpc) is 2.95. The van der Waals surface area contributed by atoms with Gasteiger partial charge in [-0.2, -0.15) is 0 Å². The van der Waals surface area contributed by atoms with Crippen molar-refractivity contribution in [2.45, 2.75) is 45.2 Å². The van der Waals surface area contributed by atoms with E-state index in [1.54, 1.807) is 12.3 Å². The van der Waals surface area contributed by atoms with Gasteiger partial charge in [-0.3, -0.25) is 4.90 Å². The van der Waals surface area contributed by atoms with Crippen LogP contribution in [0.1, 0.15) is 55.2 Å². The summed E-state index contributed by atoms with van der Waals surface area (Å²) in [5.74, 6) is -0.335. The first-order valence-electron chi connectivity index (χ1n) is 7.06. The van der Waals surface area contributed by atoms with Gasteiger partial charge in [-0.1, -0.05) is 0 Å². The Bertz CT molecular complexity index is 467. The minimum absolute atomic E-state index is 0.218. The van der Waals surface area contributed by atoms with Crippen LogP contribution in [0.5, 0.6) is 0 Å². The number of likely N-dealkylation sites (tertiary alicyclic amines) is 1. The number of thiazole rings is 1. The van der Waals surface area contributed by atoms with Gasteiger partial charge in [-0.25, -0.2) is 9.78 Å². The summed E-state index contributed by atoms with van der Waals surface area (Å²) < 4.78 is 4.98. The van der Waals surface area contributed by atoms with E-state index in [1.807, 2.05) is 13.8 Å². The lowest BCUT2D eigenvalue weighted by molar-refractivity contribution is 0.0520. The molecule has 0 bridgehead atoms. The number of hydrogen-bond donors (Lipinski definition) is 1. The monoisotopic (exact) mass is 297 g/mol. The van der Waals surface area contributed by atoms with Crippen LogP contribution in [0.4, 0.5) is 0 Å². The molecule has 1 aliphatic heterocycles. The predicted octanol–water partition coefficient (Wildman–Crippen LogP) is 2.19. The number of hydrogen-bond acceptors (Lipinski definition) is 6. The highest BCUT2D eigenvalue weighted by Crippen LogP contribution is 2.34. The molecule has 1 aromatic rings. The number of ether oxygens (including phenoxy) is 1. The summed E-state index contributed by atoms with van der Waals surface area (Å²) in [7, 11) is 0. The number of carbonyl (C=O) groups is 1. The number of nitrogens with zero attached hydrogens (tertiary/aromatic N) is 2. The second-order valence-corrected chi connectivity index (χ2v) is 6.80. The van der Waals surface area contributed by atoms with Gasteiger partial charge in [0.05, 0.1) is 12.6 Å². The maximum Gasteiger partial charge on any atom is 0.357 e. The second-order valence-electron chi connectivity index (χ2n) is 5.91. The van der Waals surface area contributed by atoms with E-state index < -0.39 is 0 Å². The van der Waals surface area contributed by atoms with Gasteiger partial charge in [0.1, 0.15) is 5.01 Å². The molecule has 0 aromatic carbocycles. The summed E-state index contributed by atoms with van der Waals surface area (Å²) in [4.78, 5) is 18.5. The molecule has 20 heavy (non-hydrogen) atoms. The highest BCUT2D eigenvalue weighted by Gasteiger charge is 2.31. The lowest BCUT2D eigenvalue weighted by atomic mass is 10.1. The van der Waals surface area contributed by atoms with Crippen molar-refractivity contribution in [3.63, 3.8) is 0 Å². The molecule has 0 aliphatic carbocycles. The van der Waals surface area contributed by atoms with E-state index in [0.717, 1.165) is 30.9 Å². The number of rotatable bonds is 5. The van der Waals surface area contributed by atoms with Gasteiger partial charge in [0.25, 0.3) is 0 Å². The van der Waals surface area contributed by atoms with Crippen LogP contribution >= 0.6 is 11.3 Å². The van der Waals surface area contributed by atoms with Gasteiger partial charge in [-0.05, 0) is 40.2 Å². The van der Waals surface area contributed by atoms with Crippen molar-refractivity contribution in [1.82, 2.24) is 9.88 Å². The van der Waals surface area contributed by atoms with Gasteiger partial charge in [0.15, 0.2) is 5.69 Å². The SMILES string of the molecule is CCOC(=O)c1csc(C2CCCN2CC(C)(C)N)n1. The molecule has 1 fully saturated rings. The highest BCUT2D eigenvalue weighted by molar-refractivity contribution is 7.09. The average molecular weight is 297 g/mol. The van der Waals surface area contributed by atoms with E-state index in [2.05, 4.69) is 9.88 Å². The van der Waals surface area contributed by atoms with E-state index >= 15 is 0 Å². The first-order chi connectivity index (χ1) is 9.40.